The number of amides is 2. The average Bonchev–Trinajstić information content (AvgIpc) is 2.98. The number of nitrogens with zero attached hydrogens (tertiary/aromatic N) is 4. The highest BCUT2D eigenvalue weighted by molar-refractivity contribution is 5.95. The van der Waals surface area contributed by atoms with Gasteiger partial charge in [-0.3, -0.25) is 19.6 Å². The molecule has 26 heavy (non-hydrogen) atoms. The summed E-state index contributed by atoms with van der Waals surface area (Å²) in [5.74, 6) is 0.174. The predicted molar refractivity (Wildman–Crippen MR) is 96.1 cm³/mol. The van der Waals surface area contributed by atoms with Gasteiger partial charge in [0.05, 0.1) is 5.41 Å². The average molecular weight is 350 g/mol. The van der Waals surface area contributed by atoms with Gasteiger partial charge in [-0.15, -0.1) is 0 Å². The van der Waals surface area contributed by atoms with Crippen LogP contribution in [0.15, 0.2) is 49.1 Å². The third-order valence-electron chi connectivity index (χ3n) is 5.52. The molecule has 2 fully saturated rings. The van der Waals surface area contributed by atoms with Crippen molar-refractivity contribution in [3.05, 3.63) is 60.2 Å². The second-order valence-electron chi connectivity index (χ2n) is 7.18. The minimum Gasteiger partial charge on any atom is -0.338 e. The van der Waals surface area contributed by atoms with Crippen LogP contribution >= 0.6 is 0 Å². The highest BCUT2D eigenvalue weighted by Gasteiger charge is 2.49. The van der Waals surface area contributed by atoms with Gasteiger partial charge in [0.15, 0.2) is 0 Å². The van der Waals surface area contributed by atoms with E-state index in [1.807, 2.05) is 21.9 Å². The van der Waals surface area contributed by atoms with Crippen molar-refractivity contribution in [3.8, 4) is 0 Å². The van der Waals surface area contributed by atoms with Gasteiger partial charge in [0.25, 0.3) is 5.91 Å². The number of pyridine rings is 2. The fourth-order valence-corrected chi connectivity index (χ4v) is 4.11. The van der Waals surface area contributed by atoms with E-state index in [0.29, 0.717) is 25.2 Å². The topological polar surface area (TPSA) is 66.4 Å². The molecule has 0 bridgehead atoms. The molecule has 2 amide bonds. The SMILES string of the molecule is O=C(c1ccncc1)N1CCC[C@]2(CCN(Cc3ccncc3)C2=O)C1. The largest absolute Gasteiger partial charge is 0.338 e. The summed E-state index contributed by atoms with van der Waals surface area (Å²) >= 11 is 0. The summed E-state index contributed by atoms with van der Waals surface area (Å²) < 4.78 is 0. The van der Waals surface area contributed by atoms with Crippen LogP contribution in [0, 0.1) is 5.41 Å². The Bertz CT molecular complexity index is 796. The molecular formula is C20H22N4O2. The summed E-state index contributed by atoms with van der Waals surface area (Å²) in [5, 5.41) is 0. The van der Waals surface area contributed by atoms with Crippen LogP contribution in [-0.2, 0) is 11.3 Å². The summed E-state index contributed by atoms with van der Waals surface area (Å²) in [6.07, 6.45) is 9.30. The Morgan fingerprint density at radius 2 is 1.69 bits per heavy atom. The fraction of sp³-hybridized carbons (Fsp3) is 0.400. The lowest BCUT2D eigenvalue weighted by molar-refractivity contribution is -0.138. The number of likely N-dealkylation sites (tertiary alicyclic amines) is 2. The number of hydrogen-bond donors (Lipinski definition) is 0. The molecule has 2 aliphatic rings. The maximum atomic E-state index is 13.2. The minimum atomic E-state index is -0.423. The third kappa shape index (κ3) is 3.07. The van der Waals surface area contributed by atoms with Crippen LogP contribution in [0.4, 0.5) is 0 Å². The molecule has 2 saturated heterocycles. The van der Waals surface area contributed by atoms with Crippen molar-refractivity contribution in [2.24, 2.45) is 5.41 Å². The lowest BCUT2D eigenvalue weighted by Gasteiger charge is -2.39. The molecule has 6 heteroatoms. The van der Waals surface area contributed by atoms with Gasteiger partial charge in [0.1, 0.15) is 0 Å². The number of hydrogen-bond acceptors (Lipinski definition) is 4. The van der Waals surface area contributed by atoms with Crippen molar-refractivity contribution in [2.75, 3.05) is 19.6 Å². The predicted octanol–water partition coefficient (Wildman–Crippen LogP) is 2.13. The number of piperidine rings is 1. The zero-order valence-electron chi connectivity index (χ0n) is 14.7. The molecule has 2 aromatic heterocycles. The first-order valence-corrected chi connectivity index (χ1v) is 9.06. The maximum absolute atomic E-state index is 13.2. The van der Waals surface area contributed by atoms with Crippen molar-refractivity contribution >= 4 is 11.8 Å². The van der Waals surface area contributed by atoms with Gasteiger partial charge in [-0.2, -0.15) is 0 Å². The lowest BCUT2D eigenvalue weighted by Crippen LogP contribution is -2.49. The molecule has 0 saturated carbocycles. The van der Waals surface area contributed by atoms with Crippen LogP contribution in [0.1, 0.15) is 35.2 Å². The number of aromatic nitrogens is 2. The smallest absolute Gasteiger partial charge is 0.253 e. The Morgan fingerprint density at radius 1 is 1.00 bits per heavy atom. The maximum Gasteiger partial charge on any atom is 0.253 e. The van der Waals surface area contributed by atoms with E-state index in [2.05, 4.69) is 9.97 Å². The molecule has 0 aromatic carbocycles. The molecule has 4 heterocycles. The molecule has 2 aliphatic heterocycles. The fourth-order valence-electron chi connectivity index (χ4n) is 4.11. The summed E-state index contributed by atoms with van der Waals surface area (Å²) in [5.41, 5.74) is 1.30. The summed E-state index contributed by atoms with van der Waals surface area (Å²) in [6.45, 7) is 2.58. The standard InChI is InChI=1S/C20H22N4O2/c25-18(17-4-10-22-11-5-17)24-12-1-6-20(15-24)7-13-23(19(20)26)14-16-2-8-21-9-3-16/h2-5,8-11H,1,6-7,12-15H2/t20-/m0/s1. The highest BCUT2D eigenvalue weighted by atomic mass is 16.2. The lowest BCUT2D eigenvalue weighted by atomic mass is 9.78. The first kappa shape index (κ1) is 16.7. The molecule has 1 spiro atoms. The summed E-state index contributed by atoms with van der Waals surface area (Å²) in [6, 6.07) is 7.35. The molecule has 0 aliphatic carbocycles. The molecule has 6 nitrogen and oxygen atoms in total. The van der Waals surface area contributed by atoms with E-state index >= 15 is 0 Å². The zero-order chi connectivity index (χ0) is 18.0. The quantitative estimate of drug-likeness (QED) is 0.851. The molecule has 2 aromatic rings. The normalized spacial score (nSPS) is 22.8. The molecule has 4 rings (SSSR count). The van der Waals surface area contributed by atoms with E-state index in [-0.39, 0.29) is 11.8 Å². The van der Waals surface area contributed by atoms with E-state index in [0.717, 1.165) is 31.4 Å². The van der Waals surface area contributed by atoms with Crippen molar-refractivity contribution in [1.29, 1.82) is 0 Å². The van der Waals surface area contributed by atoms with Gasteiger partial charge in [0, 0.05) is 56.5 Å². The van der Waals surface area contributed by atoms with Crippen LogP contribution in [0.25, 0.3) is 0 Å². The van der Waals surface area contributed by atoms with Gasteiger partial charge in [-0.05, 0) is 49.1 Å². The van der Waals surface area contributed by atoms with Crippen LogP contribution in [-0.4, -0.2) is 51.2 Å². The summed E-state index contributed by atoms with van der Waals surface area (Å²) in [4.78, 5) is 37.7. The van der Waals surface area contributed by atoms with Crippen LogP contribution in [0.5, 0.6) is 0 Å². The Balaban J connectivity index is 1.48. The monoisotopic (exact) mass is 350 g/mol. The number of rotatable bonds is 3. The number of carbonyl (C=O) groups excluding carboxylic acids is 2. The summed E-state index contributed by atoms with van der Waals surface area (Å²) in [7, 11) is 0. The van der Waals surface area contributed by atoms with E-state index in [1.54, 1.807) is 36.9 Å². The molecule has 0 radical (unpaired) electrons. The van der Waals surface area contributed by atoms with Crippen LogP contribution < -0.4 is 0 Å². The second kappa shape index (κ2) is 6.86. The van der Waals surface area contributed by atoms with Gasteiger partial charge >= 0.3 is 0 Å². The van der Waals surface area contributed by atoms with Gasteiger partial charge in [-0.1, -0.05) is 0 Å². The van der Waals surface area contributed by atoms with E-state index < -0.39 is 5.41 Å². The van der Waals surface area contributed by atoms with Crippen molar-refractivity contribution < 1.29 is 9.59 Å². The van der Waals surface area contributed by atoms with Crippen LogP contribution in [0.2, 0.25) is 0 Å². The molecule has 1 atom stereocenters. The first-order valence-electron chi connectivity index (χ1n) is 9.06. The van der Waals surface area contributed by atoms with Crippen molar-refractivity contribution in [1.82, 2.24) is 19.8 Å². The zero-order valence-corrected chi connectivity index (χ0v) is 14.7. The molecule has 0 N–H and O–H groups in total. The van der Waals surface area contributed by atoms with Gasteiger partial charge in [-0.25, -0.2) is 0 Å². The van der Waals surface area contributed by atoms with Crippen molar-refractivity contribution in [3.63, 3.8) is 0 Å². The van der Waals surface area contributed by atoms with Crippen LogP contribution in [0.3, 0.4) is 0 Å². The van der Waals surface area contributed by atoms with E-state index in [4.69, 9.17) is 0 Å². The minimum absolute atomic E-state index is 0.00754. The molecule has 134 valence electrons. The van der Waals surface area contributed by atoms with Gasteiger partial charge < -0.3 is 9.80 Å². The Morgan fingerprint density at radius 3 is 2.42 bits per heavy atom. The van der Waals surface area contributed by atoms with Crippen molar-refractivity contribution in [2.45, 2.75) is 25.8 Å². The third-order valence-corrected chi connectivity index (χ3v) is 5.52. The number of carbonyl (C=O) groups is 2. The Kier molecular flexibility index (Phi) is 4.41. The first-order chi connectivity index (χ1) is 12.7. The molecular weight excluding hydrogens is 328 g/mol. The van der Waals surface area contributed by atoms with Gasteiger partial charge in [0.2, 0.25) is 5.91 Å². The van der Waals surface area contributed by atoms with E-state index in [9.17, 15) is 9.59 Å². The highest BCUT2D eigenvalue weighted by Crippen LogP contribution is 2.41. The van der Waals surface area contributed by atoms with E-state index in [1.165, 1.54) is 0 Å². The molecule has 0 unspecified atom stereocenters. The Labute approximate surface area is 152 Å². The second-order valence-corrected chi connectivity index (χ2v) is 7.18. The Hall–Kier alpha value is -2.76.